The number of rotatable bonds is 5. The number of nitrogens with zero attached hydrogens (tertiary/aromatic N) is 1. The van der Waals surface area contributed by atoms with E-state index in [2.05, 4.69) is 9.46 Å². The highest BCUT2D eigenvalue weighted by Crippen LogP contribution is 2.30. The molecule has 0 aliphatic heterocycles. The van der Waals surface area contributed by atoms with Gasteiger partial charge in [-0.3, -0.25) is 14.9 Å². The Hall–Kier alpha value is -1.71. The predicted molar refractivity (Wildman–Crippen MR) is 74.6 cm³/mol. The van der Waals surface area contributed by atoms with Crippen LogP contribution in [0.4, 0.5) is 5.69 Å². The number of carbonyl (C=O) groups excluding carboxylic acids is 1. The zero-order chi connectivity index (χ0) is 16.4. The summed E-state index contributed by atoms with van der Waals surface area (Å²) < 4.78 is 30.9. The number of nitro groups is 1. The first-order valence-electron chi connectivity index (χ1n) is 5.65. The van der Waals surface area contributed by atoms with Gasteiger partial charge in [-0.05, 0) is 25.5 Å². The number of halogens is 1. The Morgan fingerprint density at radius 1 is 1.48 bits per heavy atom. The maximum absolute atomic E-state index is 12.2. The summed E-state index contributed by atoms with van der Waals surface area (Å²) in [4.78, 5) is 21.0. The Bertz CT molecular complexity index is 688. The van der Waals surface area contributed by atoms with Gasteiger partial charge >= 0.3 is 5.97 Å². The zero-order valence-electron chi connectivity index (χ0n) is 11.4. The van der Waals surface area contributed by atoms with Crippen LogP contribution >= 0.6 is 11.6 Å². The number of ether oxygens (including phenoxy) is 1. The van der Waals surface area contributed by atoms with Crippen molar-refractivity contribution >= 4 is 33.3 Å². The van der Waals surface area contributed by atoms with Gasteiger partial charge in [0.15, 0.2) is 0 Å². The Labute approximate surface area is 126 Å². The second kappa shape index (κ2) is 6.37. The van der Waals surface area contributed by atoms with Crippen LogP contribution in [0, 0.1) is 17.0 Å². The van der Waals surface area contributed by atoms with Gasteiger partial charge in [0.25, 0.3) is 5.69 Å². The zero-order valence-corrected chi connectivity index (χ0v) is 13.0. The van der Waals surface area contributed by atoms with E-state index >= 15 is 0 Å². The number of benzene rings is 1. The molecule has 0 heterocycles. The number of nitrogens with one attached hydrogen (secondary N) is 1. The lowest BCUT2D eigenvalue weighted by atomic mass is 10.2. The topological polar surface area (TPSA) is 116 Å². The molecule has 0 saturated heterocycles. The predicted octanol–water partition coefficient (Wildman–Crippen LogP) is 1.40. The molecule has 0 radical (unpaired) electrons. The van der Waals surface area contributed by atoms with Gasteiger partial charge in [0.2, 0.25) is 10.0 Å². The second-order valence-corrected chi connectivity index (χ2v) is 6.28. The maximum atomic E-state index is 12.2. The van der Waals surface area contributed by atoms with Crippen LogP contribution in [-0.4, -0.2) is 32.5 Å². The Morgan fingerprint density at radius 3 is 2.52 bits per heavy atom. The fourth-order valence-corrected chi connectivity index (χ4v) is 3.32. The molecule has 0 spiro atoms. The number of methoxy groups -OCH3 is 1. The van der Waals surface area contributed by atoms with Crippen molar-refractivity contribution in [2.24, 2.45) is 0 Å². The molecule has 21 heavy (non-hydrogen) atoms. The van der Waals surface area contributed by atoms with Gasteiger partial charge in [0.1, 0.15) is 11.1 Å². The molecule has 10 heteroatoms. The molecule has 1 aromatic carbocycles. The van der Waals surface area contributed by atoms with E-state index in [-0.39, 0.29) is 15.5 Å². The summed E-state index contributed by atoms with van der Waals surface area (Å²) in [6.07, 6.45) is 0. The summed E-state index contributed by atoms with van der Waals surface area (Å²) in [6, 6.07) is 0.898. The molecule has 0 bridgehead atoms. The van der Waals surface area contributed by atoms with E-state index in [0.29, 0.717) is 0 Å². The molecule has 0 fully saturated rings. The fourth-order valence-electron chi connectivity index (χ4n) is 1.59. The maximum Gasteiger partial charge on any atom is 0.323 e. The molecule has 0 amide bonds. The molecule has 116 valence electrons. The molecule has 0 aliphatic rings. The number of sulfonamides is 1. The van der Waals surface area contributed by atoms with Crippen LogP contribution in [-0.2, 0) is 19.6 Å². The van der Waals surface area contributed by atoms with Gasteiger partial charge in [-0.2, -0.15) is 4.72 Å². The van der Waals surface area contributed by atoms with Gasteiger partial charge in [0, 0.05) is 6.07 Å². The summed E-state index contributed by atoms with van der Waals surface area (Å²) in [5, 5.41) is 10.7. The Balaban J connectivity index is 3.29. The Kier molecular flexibility index (Phi) is 5.26. The number of nitro benzene ring substituents is 1. The van der Waals surface area contributed by atoms with Crippen LogP contribution in [0.25, 0.3) is 0 Å². The van der Waals surface area contributed by atoms with E-state index in [0.717, 1.165) is 13.2 Å². The quantitative estimate of drug-likeness (QED) is 0.493. The largest absolute Gasteiger partial charge is 0.468 e. The van der Waals surface area contributed by atoms with Crippen molar-refractivity contribution in [2.75, 3.05) is 7.11 Å². The van der Waals surface area contributed by atoms with Gasteiger partial charge in [0.05, 0.1) is 16.9 Å². The number of hydrogen-bond acceptors (Lipinski definition) is 6. The molecule has 0 saturated carbocycles. The lowest BCUT2D eigenvalue weighted by Gasteiger charge is -2.13. The van der Waals surface area contributed by atoms with Crippen LogP contribution in [0.5, 0.6) is 0 Å². The fraction of sp³-hybridized carbons (Fsp3) is 0.364. The highest BCUT2D eigenvalue weighted by molar-refractivity contribution is 7.89. The average Bonchev–Trinajstić information content (AvgIpc) is 2.36. The highest BCUT2D eigenvalue weighted by atomic mass is 35.5. The minimum atomic E-state index is -4.13. The third-order valence-corrected chi connectivity index (χ3v) is 4.60. The third kappa shape index (κ3) is 3.90. The van der Waals surface area contributed by atoms with Crippen molar-refractivity contribution in [2.45, 2.75) is 24.8 Å². The lowest BCUT2D eigenvalue weighted by molar-refractivity contribution is -0.384. The average molecular weight is 337 g/mol. The first-order valence-corrected chi connectivity index (χ1v) is 7.51. The first kappa shape index (κ1) is 17.3. The summed E-state index contributed by atoms with van der Waals surface area (Å²) in [7, 11) is -3.02. The third-order valence-electron chi connectivity index (χ3n) is 2.62. The van der Waals surface area contributed by atoms with Crippen molar-refractivity contribution in [1.82, 2.24) is 4.72 Å². The minimum Gasteiger partial charge on any atom is -0.468 e. The van der Waals surface area contributed by atoms with Crippen LogP contribution in [0.15, 0.2) is 17.0 Å². The number of aryl methyl sites for hydroxylation is 1. The number of carbonyl (C=O) groups is 1. The molecule has 0 aliphatic carbocycles. The molecule has 0 aromatic heterocycles. The summed E-state index contributed by atoms with van der Waals surface area (Å²) in [6.45, 7) is 2.73. The molecule has 1 rings (SSSR count). The van der Waals surface area contributed by atoms with Gasteiger partial charge in [-0.1, -0.05) is 11.6 Å². The molecule has 1 N–H and O–H groups in total. The van der Waals surface area contributed by atoms with Crippen molar-refractivity contribution in [1.29, 1.82) is 0 Å². The molecular formula is C11H13ClN2O6S. The van der Waals surface area contributed by atoms with Gasteiger partial charge in [-0.15, -0.1) is 0 Å². The van der Waals surface area contributed by atoms with E-state index < -0.39 is 32.6 Å². The standard InChI is InChI=1S/C11H13ClN2O6S/c1-6-4-8(12)9(14(16)17)5-10(6)21(18,19)13-7(2)11(15)20-3/h4-5,7,13H,1-3H3. The van der Waals surface area contributed by atoms with E-state index in [9.17, 15) is 23.3 Å². The molecular weight excluding hydrogens is 324 g/mol. The number of esters is 1. The van der Waals surface area contributed by atoms with E-state index in [1.807, 2.05) is 0 Å². The minimum absolute atomic E-state index is 0.169. The van der Waals surface area contributed by atoms with E-state index in [1.165, 1.54) is 19.9 Å². The summed E-state index contributed by atoms with van der Waals surface area (Å²) >= 11 is 5.69. The van der Waals surface area contributed by atoms with Gasteiger partial charge in [-0.25, -0.2) is 8.42 Å². The molecule has 8 nitrogen and oxygen atoms in total. The SMILES string of the molecule is COC(=O)C(C)NS(=O)(=O)c1cc([N+](=O)[O-])c(Cl)cc1C. The van der Waals surface area contributed by atoms with E-state index in [4.69, 9.17) is 11.6 Å². The number of hydrogen-bond donors (Lipinski definition) is 1. The van der Waals surface area contributed by atoms with Crippen LogP contribution in [0.1, 0.15) is 12.5 Å². The van der Waals surface area contributed by atoms with Crippen molar-refractivity contribution in [3.63, 3.8) is 0 Å². The smallest absolute Gasteiger partial charge is 0.323 e. The first-order chi connectivity index (χ1) is 9.60. The monoisotopic (exact) mass is 336 g/mol. The summed E-state index contributed by atoms with van der Waals surface area (Å²) in [5.74, 6) is -0.778. The van der Waals surface area contributed by atoms with Gasteiger partial charge < -0.3 is 4.74 Å². The van der Waals surface area contributed by atoms with Crippen LogP contribution < -0.4 is 4.72 Å². The molecule has 1 atom stereocenters. The lowest BCUT2D eigenvalue weighted by Crippen LogP contribution is -2.39. The normalized spacial score (nSPS) is 12.8. The molecule has 1 aromatic rings. The highest BCUT2D eigenvalue weighted by Gasteiger charge is 2.27. The Morgan fingerprint density at radius 2 is 2.05 bits per heavy atom. The van der Waals surface area contributed by atoms with Crippen LogP contribution in [0.2, 0.25) is 5.02 Å². The van der Waals surface area contributed by atoms with Crippen molar-refractivity contribution in [3.05, 3.63) is 32.8 Å². The molecule has 1 unspecified atom stereocenters. The second-order valence-electron chi connectivity index (χ2n) is 4.19. The van der Waals surface area contributed by atoms with Crippen molar-refractivity contribution in [3.8, 4) is 0 Å². The van der Waals surface area contributed by atoms with Crippen LogP contribution in [0.3, 0.4) is 0 Å². The van der Waals surface area contributed by atoms with Crippen molar-refractivity contribution < 1.29 is 22.9 Å². The summed E-state index contributed by atoms with van der Waals surface area (Å²) in [5.41, 5.74) is -0.316. The van der Waals surface area contributed by atoms with E-state index in [1.54, 1.807) is 0 Å².